The van der Waals surface area contributed by atoms with Crippen molar-refractivity contribution in [1.82, 2.24) is 4.90 Å². The fourth-order valence-electron chi connectivity index (χ4n) is 2.42. The number of aryl methyl sites for hydroxylation is 1. The van der Waals surface area contributed by atoms with Gasteiger partial charge in [-0.15, -0.1) is 0 Å². The van der Waals surface area contributed by atoms with Gasteiger partial charge in [0.2, 0.25) is 0 Å². The van der Waals surface area contributed by atoms with Gasteiger partial charge in [-0.2, -0.15) is 0 Å². The van der Waals surface area contributed by atoms with Gasteiger partial charge in [0.05, 0.1) is 6.54 Å². The Hall–Kier alpha value is -2.49. The number of hydrogen-bond acceptors (Lipinski definition) is 3. The molecule has 4 nitrogen and oxygen atoms in total. The molecular formula is C18H19NO3. The summed E-state index contributed by atoms with van der Waals surface area (Å²) in [5, 5.41) is 0. The van der Waals surface area contributed by atoms with Crippen LogP contribution >= 0.6 is 0 Å². The summed E-state index contributed by atoms with van der Waals surface area (Å²) < 4.78 is 11.0. The van der Waals surface area contributed by atoms with E-state index in [1.165, 1.54) is 5.56 Å². The van der Waals surface area contributed by atoms with Gasteiger partial charge in [0.25, 0.3) is 0 Å². The molecule has 0 spiro atoms. The monoisotopic (exact) mass is 297 g/mol. The highest BCUT2D eigenvalue weighted by Gasteiger charge is 2.31. The molecule has 1 heterocycles. The molecule has 1 fully saturated rings. The summed E-state index contributed by atoms with van der Waals surface area (Å²) in [6.45, 7) is 3.53. The van der Waals surface area contributed by atoms with Crippen molar-refractivity contribution in [2.45, 2.75) is 19.6 Å². The van der Waals surface area contributed by atoms with E-state index in [-0.39, 0.29) is 12.2 Å². The quantitative estimate of drug-likeness (QED) is 0.849. The Morgan fingerprint density at radius 3 is 2.59 bits per heavy atom. The number of carbonyl (C=O) groups is 1. The maximum atomic E-state index is 11.9. The Balaban J connectivity index is 1.52. The first-order chi connectivity index (χ1) is 10.7. The summed E-state index contributed by atoms with van der Waals surface area (Å²) in [5.74, 6) is 0.795. The van der Waals surface area contributed by atoms with Gasteiger partial charge in [-0.3, -0.25) is 0 Å². The highest BCUT2D eigenvalue weighted by atomic mass is 16.6. The lowest BCUT2D eigenvalue weighted by Gasteiger charge is -2.13. The molecule has 22 heavy (non-hydrogen) atoms. The zero-order valence-electron chi connectivity index (χ0n) is 12.6. The van der Waals surface area contributed by atoms with Crippen molar-refractivity contribution in [3.8, 4) is 5.75 Å². The van der Waals surface area contributed by atoms with Crippen LogP contribution in [0.5, 0.6) is 5.75 Å². The third kappa shape index (κ3) is 3.58. The van der Waals surface area contributed by atoms with E-state index >= 15 is 0 Å². The van der Waals surface area contributed by atoms with Crippen LogP contribution in [0.25, 0.3) is 0 Å². The number of benzene rings is 2. The van der Waals surface area contributed by atoms with Gasteiger partial charge in [0.1, 0.15) is 12.4 Å². The Kier molecular flexibility index (Phi) is 4.28. The van der Waals surface area contributed by atoms with Gasteiger partial charge in [0, 0.05) is 6.54 Å². The standard InChI is InChI=1S/C18H19NO3/c1-14-7-9-16(10-8-14)21-13-17-12-19(18(20)22-17)11-15-5-3-2-4-6-15/h2-10,17H,11-13H2,1H3/t17-/m0/s1. The van der Waals surface area contributed by atoms with Crippen molar-refractivity contribution in [2.75, 3.05) is 13.2 Å². The maximum Gasteiger partial charge on any atom is 0.410 e. The van der Waals surface area contributed by atoms with Crippen LogP contribution in [-0.4, -0.2) is 30.2 Å². The average Bonchev–Trinajstić information content (AvgIpc) is 2.88. The van der Waals surface area contributed by atoms with E-state index in [1.54, 1.807) is 4.90 Å². The molecule has 0 bridgehead atoms. The van der Waals surface area contributed by atoms with E-state index in [0.29, 0.717) is 19.7 Å². The Morgan fingerprint density at radius 2 is 1.86 bits per heavy atom. The minimum atomic E-state index is -0.277. The molecule has 1 saturated heterocycles. The molecule has 2 aromatic rings. The minimum Gasteiger partial charge on any atom is -0.490 e. The van der Waals surface area contributed by atoms with Crippen molar-refractivity contribution in [3.63, 3.8) is 0 Å². The summed E-state index contributed by atoms with van der Waals surface area (Å²) in [7, 11) is 0. The van der Waals surface area contributed by atoms with Crippen LogP contribution in [0.2, 0.25) is 0 Å². The van der Waals surface area contributed by atoms with Gasteiger partial charge in [-0.1, -0.05) is 48.0 Å². The predicted molar refractivity (Wildman–Crippen MR) is 83.8 cm³/mol. The van der Waals surface area contributed by atoms with Crippen LogP contribution in [0.1, 0.15) is 11.1 Å². The summed E-state index contributed by atoms with van der Waals surface area (Å²) in [4.78, 5) is 13.6. The molecule has 2 aromatic carbocycles. The third-order valence-corrected chi connectivity index (χ3v) is 3.62. The van der Waals surface area contributed by atoms with E-state index in [1.807, 2.05) is 61.5 Å². The van der Waals surface area contributed by atoms with Gasteiger partial charge in [0.15, 0.2) is 6.10 Å². The van der Waals surface area contributed by atoms with E-state index in [4.69, 9.17) is 9.47 Å². The lowest BCUT2D eigenvalue weighted by Crippen LogP contribution is -2.26. The largest absolute Gasteiger partial charge is 0.490 e. The second-order valence-electron chi connectivity index (χ2n) is 5.50. The molecule has 0 aromatic heterocycles. The number of ether oxygens (including phenoxy) is 2. The molecule has 1 amide bonds. The number of amides is 1. The van der Waals surface area contributed by atoms with Crippen LogP contribution in [0.4, 0.5) is 4.79 Å². The fraction of sp³-hybridized carbons (Fsp3) is 0.278. The van der Waals surface area contributed by atoms with Gasteiger partial charge < -0.3 is 14.4 Å². The molecule has 0 saturated carbocycles. The normalized spacial score (nSPS) is 17.4. The summed E-state index contributed by atoms with van der Waals surface area (Å²) in [5.41, 5.74) is 2.29. The number of hydrogen-bond donors (Lipinski definition) is 0. The van der Waals surface area contributed by atoms with Crippen molar-refractivity contribution in [3.05, 3.63) is 65.7 Å². The topological polar surface area (TPSA) is 38.8 Å². The highest BCUT2D eigenvalue weighted by Crippen LogP contribution is 2.17. The summed E-state index contributed by atoms with van der Waals surface area (Å²) >= 11 is 0. The number of nitrogens with zero attached hydrogens (tertiary/aromatic N) is 1. The smallest absolute Gasteiger partial charge is 0.410 e. The van der Waals surface area contributed by atoms with Gasteiger partial charge in [-0.05, 0) is 24.6 Å². The van der Waals surface area contributed by atoms with Crippen molar-refractivity contribution < 1.29 is 14.3 Å². The van der Waals surface area contributed by atoms with Gasteiger partial charge >= 0.3 is 6.09 Å². The molecule has 0 N–H and O–H groups in total. The summed E-state index contributed by atoms with van der Waals surface area (Å²) in [6.07, 6.45) is -0.501. The first kappa shape index (κ1) is 14.4. The molecule has 4 heteroatoms. The zero-order valence-corrected chi connectivity index (χ0v) is 12.6. The molecule has 0 unspecified atom stereocenters. The molecule has 1 aliphatic heterocycles. The van der Waals surface area contributed by atoms with Gasteiger partial charge in [-0.25, -0.2) is 4.79 Å². The van der Waals surface area contributed by atoms with E-state index in [0.717, 1.165) is 11.3 Å². The van der Waals surface area contributed by atoms with Crippen LogP contribution in [0, 0.1) is 6.92 Å². The first-order valence-electron chi connectivity index (χ1n) is 7.39. The Morgan fingerprint density at radius 1 is 1.14 bits per heavy atom. The number of cyclic esters (lactones) is 1. The highest BCUT2D eigenvalue weighted by molar-refractivity contribution is 5.69. The lowest BCUT2D eigenvalue weighted by molar-refractivity contribution is 0.102. The number of carbonyl (C=O) groups excluding carboxylic acids is 1. The van der Waals surface area contributed by atoms with E-state index in [2.05, 4.69) is 0 Å². The van der Waals surface area contributed by atoms with Crippen LogP contribution in [-0.2, 0) is 11.3 Å². The van der Waals surface area contributed by atoms with Crippen molar-refractivity contribution in [2.24, 2.45) is 0 Å². The minimum absolute atomic E-state index is 0.225. The van der Waals surface area contributed by atoms with E-state index < -0.39 is 0 Å². The predicted octanol–water partition coefficient (Wildman–Crippen LogP) is 3.39. The molecular weight excluding hydrogens is 278 g/mol. The molecule has 0 aliphatic carbocycles. The van der Waals surface area contributed by atoms with Crippen LogP contribution < -0.4 is 4.74 Å². The SMILES string of the molecule is Cc1ccc(OC[C@@H]2CN(Cc3ccccc3)C(=O)O2)cc1. The van der Waals surface area contributed by atoms with Crippen molar-refractivity contribution >= 4 is 6.09 Å². The Bertz CT molecular complexity index is 625. The van der Waals surface area contributed by atoms with Crippen molar-refractivity contribution in [1.29, 1.82) is 0 Å². The average molecular weight is 297 g/mol. The second kappa shape index (κ2) is 6.52. The zero-order chi connectivity index (χ0) is 15.4. The van der Waals surface area contributed by atoms with Crippen LogP contribution in [0.3, 0.4) is 0 Å². The fourth-order valence-corrected chi connectivity index (χ4v) is 2.42. The molecule has 1 aliphatic rings. The van der Waals surface area contributed by atoms with Crippen LogP contribution in [0.15, 0.2) is 54.6 Å². The van der Waals surface area contributed by atoms with E-state index in [9.17, 15) is 4.79 Å². The second-order valence-corrected chi connectivity index (χ2v) is 5.50. The third-order valence-electron chi connectivity index (χ3n) is 3.62. The first-order valence-corrected chi connectivity index (χ1v) is 7.39. The number of rotatable bonds is 5. The molecule has 3 rings (SSSR count). The molecule has 114 valence electrons. The lowest BCUT2D eigenvalue weighted by atomic mass is 10.2. The maximum absolute atomic E-state index is 11.9. The summed E-state index contributed by atoms with van der Waals surface area (Å²) in [6, 6.07) is 17.7. The molecule has 1 atom stereocenters. The molecule has 0 radical (unpaired) electrons. The Labute approximate surface area is 130 Å².